The van der Waals surface area contributed by atoms with Crippen LogP contribution < -0.4 is 10.6 Å². The third-order valence-electron chi connectivity index (χ3n) is 4.43. The van der Waals surface area contributed by atoms with Gasteiger partial charge in [-0.15, -0.1) is 24.0 Å². The molecule has 1 aliphatic heterocycles. The molecule has 1 saturated heterocycles. The number of guanidine groups is 1. The molecule has 138 valence electrons. The average molecular weight is 449 g/mol. The number of piperidine rings is 1. The first-order chi connectivity index (χ1) is 11.0. The normalized spacial score (nSPS) is 16.6. The van der Waals surface area contributed by atoms with Gasteiger partial charge in [0.05, 0.1) is 0 Å². The molecule has 0 aliphatic carbocycles. The van der Waals surface area contributed by atoms with Crippen molar-refractivity contribution >= 4 is 29.9 Å². The number of likely N-dealkylation sites (tertiary alicyclic amines) is 1. The number of nitrogens with zero attached hydrogens (tertiary/aromatic N) is 5. The van der Waals surface area contributed by atoms with Gasteiger partial charge in [-0.2, -0.15) is 5.10 Å². The van der Waals surface area contributed by atoms with E-state index in [1.807, 2.05) is 7.05 Å². The zero-order valence-electron chi connectivity index (χ0n) is 15.4. The van der Waals surface area contributed by atoms with Crippen LogP contribution >= 0.6 is 24.0 Å². The van der Waals surface area contributed by atoms with Crippen LogP contribution in [0.4, 0.5) is 0 Å². The summed E-state index contributed by atoms with van der Waals surface area (Å²) in [5.41, 5.74) is 0.126. The standard InChI is InChI=1S/C16H31N7.HI/c1-5-17-15(18-11-14-20-13-21-22(14)4)19-12-16(2,3)23-9-7-6-8-10-23;/h13H,5-12H2,1-4H3,(H2,17,18,19);1H. The molecule has 24 heavy (non-hydrogen) atoms. The molecule has 0 unspecified atom stereocenters. The van der Waals surface area contributed by atoms with Crippen LogP contribution in [0.25, 0.3) is 0 Å². The molecule has 1 aromatic heterocycles. The summed E-state index contributed by atoms with van der Waals surface area (Å²) in [5.74, 6) is 1.69. The van der Waals surface area contributed by atoms with E-state index in [4.69, 9.17) is 0 Å². The number of nitrogens with one attached hydrogen (secondary N) is 2. The molecular weight excluding hydrogens is 417 g/mol. The topological polar surface area (TPSA) is 70.4 Å². The van der Waals surface area contributed by atoms with E-state index in [9.17, 15) is 0 Å². The fourth-order valence-electron chi connectivity index (χ4n) is 2.87. The van der Waals surface area contributed by atoms with Crippen molar-refractivity contribution in [3.8, 4) is 0 Å². The molecule has 0 atom stereocenters. The van der Waals surface area contributed by atoms with Crippen molar-refractivity contribution in [3.05, 3.63) is 12.2 Å². The van der Waals surface area contributed by atoms with Gasteiger partial charge in [0, 0.05) is 25.7 Å². The zero-order valence-corrected chi connectivity index (χ0v) is 17.7. The molecule has 1 fully saturated rings. The highest BCUT2D eigenvalue weighted by Crippen LogP contribution is 2.19. The third-order valence-corrected chi connectivity index (χ3v) is 4.43. The summed E-state index contributed by atoms with van der Waals surface area (Å²) in [5, 5.41) is 10.9. The molecular formula is C16H32IN7. The second-order valence-electron chi connectivity index (χ2n) is 6.71. The average Bonchev–Trinajstić information content (AvgIpc) is 2.96. The summed E-state index contributed by atoms with van der Waals surface area (Å²) >= 11 is 0. The van der Waals surface area contributed by atoms with Crippen LogP contribution in [-0.2, 0) is 13.6 Å². The maximum absolute atomic E-state index is 4.62. The Morgan fingerprint density at radius 3 is 2.54 bits per heavy atom. The lowest BCUT2D eigenvalue weighted by atomic mass is 9.98. The number of halogens is 1. The SMILES string of the molecule is CCNC(=NCc1ncnn1C)NCC(C)(C)N1CCCCC1.I. The maximum atomic E-state index is 4.62. The molecule has 1 aliphatic rings. The smallest absolute Gasteiger partial charge is 0.191 e. The van der Waals surface area contributed by atoms with Crippen LogP contribution in [0.15, 0.2) is 11.3 Å². The van der Waals surface area contributed by atoms with Crippen molar-refractivity contribution in [2.75, 3.05) is 26.2 Å². The lowest BCUT2D eigenvalue weighted by molar-refractivity contribution is 0.0982. The Kier molecular flexibility index (Phi) is 8.96. The minimum atomic E-state index is 0. The van der Waals surface area contributed by atoms with E-state index >= 15 is 0 Å². The first kappa shape index (κ1) is 21.1. The van der Waals surface area contributed by atoms with Crippen molar-refractivity contribution in [3.63, 3.8) is 0 Å². The number of hydrogen-bond acceptors (Lipinski definition) is 4. The largest absolute Gasteiger partial charge is 0.357 e. The van der Waals surface area contributed by atoms with Gasteiger partial charge in [0.25, 0.3) is 0 Å². The highest BCUT2D eigenvalue weighted by Gasteiger charge is 2.27. The molecule has 0 bridgehead atoms. The number of rotatable bonds is 6. The van der Waals surface area contributed by atoms with Crippen LogP contribution in [0.1, 0.15) is 45.9 Å². The lowest BCUT2D eigenvalue weighted by Crippen LogP contribution is -2.54. The first-order valence-electron chi connectivity index (χ1n) is 8.63. The van der Waals surface area contributed by atoms with Gasteiger partial charge < -0.3 is 10.6 Å². The summed E-state index contributed by atoms with van der Waals surface area (Å²) in [6.07, 6.45) is 5.54. The zero-order chi connectivity index (χ0) is 16.7. The summed E-state index contributed by atoms with van der Waals surface area (Å²) in [6.45, 7) is 11.3. The van der Waals surface area contributed by atoms with Crippen molar-refractivity contribution in [1.82, 2.24) is 30.3 Å². The summed E-state index contributed by atoms with van der Waals surface area (Å²) in [7, 11) is 1.89. The van der Waals surface area contributed by atoms with Gasteiger partial charge in [-0.3, -0.25) is 9.58 Å². The van der Waals surface area contributed by atoms with Crippen LogP contribution in [0, 0.1) is 0 Å². The van der Waals surface area contributed by atoms with E-state index in [1.165, 1.54) is 32.4 Å². The van der Waals surface area contributed by atoms with Gasteiger partial charge in [0.1, 0.15) is 18.7 Å². The van der Waals surface area contributed by atoms with Crippen LogP contribution in [0.2, 0.25) is 0 Å². The van der Waals surface area contributed by atoms with Gasteiger partial charge in [-0.1, -0.05) is 6.42 Å². The fraction of sp³-hybridized carbons (Fsp3) is 0.812. The Hall–Kier alpha value is -0.900. The van der Waals surface area contributed by atoms with Gasteiger partial charge in [0.2, 0.25) is 0 Å². The van der Waals surface area contributed by atoms with Crippen molar-refractivity contribution in [2.45, 2.75) is 52.1 Å². The van der Waals surface area contributed by atoms with Crippen molar-refractivity contribution < 1.29 is 0 Å². The minimum absolute atomic E-state index is 0. The van der Waals surface area contributed by atoms with E-state index in [2.05, 4.69) is 51.4 Å². The highest BCUT2D eigenvalue weighted by molar-refractivity contribution is 14.0. The number of aryl methyl sites for hydroxylation is 1. The Morgan fingerprint density at radius 2 is 1.96 bits per heavy atom. The molecule has 2 N–H and O–H groups in total. The Morgan fingerprint density at radius 1 is 1.25 bits per heavy atom. The number of aromatic nitrogens is 3. The highest BCUT2D eigenvalue weighted by atomic mass is 127. The first-order valence-corrected chi connectivity index (χ1v) is 8.63. The quantitative estimate of drug-likeness (QED) is 0.394. The van der Waals surface area contributed by atoms with Gasteiger partial charge in [0.15, 0.2) is 5.96 Å². The van der Waals surface area contributed by atoms with Crippen molar-refractivity contribution in [2.24, 2.45) is 12.0 Å². The molecule has 0 aromatic carbocycles. The Bertz CT molecular complexity index is 506. The number of hydrogen-bond donors (Lipinski definition) is 2. The molecule has 0 saturated carbocycles. The van der Waals surface area contributed by atoms with E-state index in [-0.39, 0.29) is 29.5 Å². The molecule has 8 heteroatoms. The van der Waals surface area contributed by atoms with Crippen LogP contribution in [0.5, 0.6) is 0 Å². The number of aliphatic imine (C=N–C) groups is 1. The van der Waals surface area contributed by atoms with E-state index in [0.717, 1.165) is 24.9 Å². The lowest BCUT2D eigenvalue weighted by Gasteiger charge is -2.41. The molecule has 0 radical (unpaired) electrons. The molecule has 1 aromatic rings. The van der Waals surface area contributed by atoms with E-state index < -0.39 is 0 Å². The third kappa shape index (κ3) is 6.19. The maximum Gasteiger partial charge on any atom is 0.191 e. The van der Waals surface area contributed by atoms with Gasteiger partial charge in [-0.25, -0.2) is 9.98 Å². The van der Waals surface area contributed by atoms with E-state index in [0.29, 0.717) is 6.54 Å². The molecule has 2 rings (SSSR count). The van der Waals surface area contributed by atoms with Gasteiger partial charge in [-0.05, 0) is 46.7 Å². The van der Waals surface area contributed by atoms with Crippen LogP contribution in [0.3, 0.4) is 0 Å². The van der Waals surface area contributed by atoms with Crippen LogP contribution in [-0.4, -0.2) is 57.3 Å². The van der Waals surface area contributed by atoms with E-state index in [1.54, 1.807) is 11.0 Å². The predicted octanol–water partition coefficient (Wildman–Crippen LogP) is 1.75. The summed E-state index contributed by atoms with van der Waals surface area (Å²) in [6, 6.07) is 0. The Labute approximate surface area is 162 Å². The molecule has 2 heterocycles. The predicted molar refractivity (Wildman–Crippen MR) is 109 cm³/mol. The second kappa shape index (κ2) is 10.2. The molecule has 0 amide bonds. The fourth-order valence-corrected chi connectivity index (χ4v) is 2.87. The summed E-state index contributed by atoms with van der Waals surface area (Å²) < 4.78 is 1.75. The molecule has 7 nitrogen and oxygen atoms in total. The van der Waals surface area contributed by atoms with Crippen molar-refractivity contribution in [1.29, 1.82) is 0 Å². The van der Waals surface area contributed by atoms with Gasteiger partial charge >= 0.3 is 0 Å². The minimum Gasteiger partial charge on any atom is -0.357 e. The second-order valence-corrected chi connectivity index (χ2v) is 6.71. The molecule has 0 spiro atoms. The monoisotopic (exact) mass is 449 g/mol. The Balaban J connectivity index is 0.00000288. The summed E-state index contributed by atoms with van der Waals surface area (Å²) in [4.78, 5) is 11.4.